The summed E-state index contributed by atoms with van der Waals surface area (Å²) in [4.78, 5) is 129. The molecule has 1 aliphatic carbocycles. The van der Waals surface area contributed by atoms with Gasteiger partial charge in [-0.1, -0.05) is 78.9 Å². The van der Waals surface area contributed by atoms with E-state index < -0.39 is 128 Å². The number of carbonyl (C=O) groups is 10. The SMILES string of the molecule is CC(C)(C)OC(=O)NCCCC[C@H](NC(=O)[C@H](CC(N)=O)NC(=O)[C@H](CCC(=O)O)NC(=O)OCC1c2ccccc2-c2ccccc21)C(=O)N[C@@H](CCC(=O)O)C(=O)N[C@@H](Cc1ccccc1)C(=O)O. The van der Waals surface area contributed by atoms with E-state index in [9.17, 15) is 63.3 Å². The lowest BCUT2D eigenvalue weighted by molar-refractivity contribution is -0.143. The third-order valence-corrected chi connectivity index (χ3v) is 11.0. The fourth-order valence-corrected chi connectivity index (χ4v) is 7.65. The molecular weight excluding hydrogens is 927 g/mol. The van der Waals surface area contributed by atoms with Gasteiger partial charge in [-0.15, -0.1) is 0 Å². The minimum Gasteiger partial charge on any atom is -0.481 e. The monoisotopic (exact) mass is 987 g/mol. The van der Waals surface area contributed by atoms with Crippen LogP contribution in [0.4, 0.5) is 9.59 Å². The third-order valence-electron chi connectivity index (χ3n) is 11.0. The molecular formula is C49H61N7O15. The number of carboxylic acid groups (broad SMARTS) is 3. The fraction of sp³-hybridized carbons (Fsp3) is 0.429. The molecule has 1 aliphatic rings. The van der Waals surface area contributed by atoms with Crippen molar-refractivity contribution in [2.24, 2.45) is 5.73 Å². The molecule has 0 unspecified atom stereocenters. The quantitative estimate of drug-likeness (QED) is 0.0491. The lowest BCUT2D eigenvalue weighted by Gasteiger charge is -2.26. The molecule has 0 bridgehead atoms. The summed E-state index contributed by atoms with van der Waals surface area (Å²) in [5, 5.41) is 43.2. The van der Waals surface area contributed by atoms with E-state index in [-0.39, 0.29) is 44.8 Å². The van der Waals surface area contributed by atoms with Gasteiger partial charge in [-0.3, -0.25) is 33.6 Å². The summed E-state index contributed by atoms with van der Waals surface area (Å²) in [6.07, 6.45) is -5.03. The zero-order chi connectivity index (χ0) is 52.3. The smallest absolute Gasteiger partial charge is 0.407 e. The number of primary amides is 1. The summed E-state index contributed by atoms with van der Waals surface area (Å²) in [5.41, 5.74) is 8.93. The number of fused-ring (bicyclic) bond motifs is 3. The molecule has 71 heavy (non-hydrogen) atoms. The van der Waals surface area contributed by atoms with Crippen molar-refractivity contribution in [3.63, 3.8) is 0 Å². The number of nitrogens with two attached hydrogens (primary N) is 1. The summed E-state index contributed by atoms with van der Waals surface area (Å²) < 4.78 is 10.8. The molecule has 4 rings (SSSR count). The first kappa shape index (κ1) is 55.6. The van der Waals surface area contributed by atoms with Crippen molar-refractivity contribution in [2.45, 2.75) is 120 Å². The number of hydrogen-bond donors (Lipinski definition) is 10. The second-order valence-electron chi connectivity index (χ2n) is 17.8. The lowest BCUT2D eigenvalue weighted by atomic mass is 9.98. The maximum absolute atomic E-state index is 14.1. The summed E-state index contributed by atoms with van der Waals surface area (Å²) >= 11 is 0. The number of carboxylic acids is 3. The molecule has 22 heteroatoms. The highest BCUT2D eigenvalue weighted by atomic mass is 16.6. The van der Waals surface area contributed by atoms with Crippen LogP contribution in [-0.2, 0) is 54.3 Å². The highest BCUT2D eigenvalue weighted by Crippen LogP contribution is 2.44. The molecule has 5 atom stereocenters. The Labute approximate surface area is 409 Å². The summed E-state index contributed by atoms with van der Waals surface area (Å²) in [5.74, 6) is -9.95. The van der Waals surface area contributed by atoms with E-state index in [0.717, 1.165) is 22.3 Å². The number of carbonyl (C=O) groups excluding carboxylic acids is 7. The first-order valence-electron chi connectivity index (χ1n) is 22.9. The zero-order valence-corrected chi connectivity index (χ0v) is 39.6. The number of amides is 7. The maximum atomic E-state index is 14.1. The minimum atomic E-state index is -1.83. The average Bonchev–Trinajstić information content (AvgIpc) is 3.62. The van der Waals surface area contributed by atoms with Gasteiger partial charge in [0, 0.05) is 31.7 Å². The molecule has 0 saturated heterocycles. The second-order valence-corrected chi connectivity index (χ2v) is 17.8. The number of hydrogen-bond acceptors (Lipinski definition) is 12. The number of alkyl carbamates (subject to hydrolysis) is 2. The van der Waals surface area contributed by atoms with Crippen molar-refractivity contribution in [3.8, 4) is 11.1 Å². The van der Waals surface area contributed by atoms with E-state index in [2.05, 4.69) is 31.9 Å². The van der Waals surface area contributed by atoms with Crippen molar-refractivity contribution < 1.29 is 72.7 Å². The van der Waals surface area contributed by atoms with Crippen LogP contribution in [0.15, 0.2) is 78.9 Å². The highest BCUT2D eigenvalue weighted by molar-refractivity contribution is 5.97. The maximum Gasteiger partial charge on any atom is 0.407 e. The van der Waals surface area contributed by atoms with Crippen LogP contribution in [0.1, 0.15) is 94.7 Å². The molecule has 11 N–H and O–H groups in total. The van der Waals surface area contributed by atoms with Gasteiger partial charge in [0.2, 0.25) is 29.5 Å². The van der Waals surface area contributed by atoms with Gasteiger partial charge in [0.05, 0.1) is 6.42 Å². The van der Waals surface area contributed by atoms with Gasteiger partial charge in [-0.25, -0.2) is 14.4 Å². The van der Waals surface area contributed by atoms with E-state index in [0.29, 0.717) is 5.56 Å². The van der Waals surface area contributed by atoms with Crippen molar-refractivity contribution in [1.29, 1.82) is 0 Å². The molecule has 0 saturated carbocycles. The van der Waals surface area contributed by atoms with Gasteiger partial charge in [-0.05, 0) is 80.7 Å². The molecule has 22 nitrogen and oxygen atoms in total. The Morgan fingerprint density at radius 2 is 1.04 bits per heavy atom. The number of rotatable bonds is 27. The predicted molar refractivity (Wildman–Crippen MR) is 253 cm³/mol. The Hall–Kier alpha value is -8.04. The van der Waals surface area contributed by atoms with Crippen molar-refractivity contribution in [1.82, 2.24) is 31.9 Å². The van der Waals surface area contributed by atoms with E-state index in [4.69, 9.17) is 15.2 Å². The third kappa shape index (κ3) is 18.4. The van der Waals surface area contributed by atoms with Crippen LogP contribution in [0.3, 0.4) is 0 Å². The Morgan fingerprint density at radius 3 is 1.55 bits per heavy atom. The van der Waals surface area contributed by atoms with Gasteiger partial charge >= 0.3 is 30.1 Å². The van der Waals surface area contributed by atoms with Crippen LogP contribution in [-0.4, -0.2) is 124 Å². The van der Waals surface area contributed by atoms with Crippen LogP contribution < -0.4 is 37.6 Å². The topological polar surface area (TPSA) is 348 Å². The van der Waals surface area contributed by atoms with Gasteiger partial charge in [0.1, 0.15) is 42.4 Å². The van der Waals surface area contributed by atoms with Crippen molar-refractivity contribution in [3.05, 3.63) is 95.6 Å². The van der Waals surface area contributed by atoms with E-state index in [1.54, 1.807) is 51.1 Å². The van der Waals surface area contributed by atoms with Crippen LogP contribution in [0.25, 0.3) is 11.1 Å². The van der Waals surface area contributed by atoms with Crippen molar-refractivity contribution in [2.75, 3.05) is 13.2 Å². The molecule has 0 fully saturated rings. The predicted octanol–water partition coefficient (Wildman–Crippen LogP) is 2.46. The minimum absolute atomic E-state index is 0.0492. The van der Waals surface area contributed by atoms with Crippen LogP contribution >= 0.6 is 0 Å². The van der Waals surface area contributed by atoms with Gasteiger partial charge in [0.25, 0.3) is 0 Å². The molecule has 3 aromatic rings. The largest absolute Gasteiger partial charge is 0.481 e. The Bertz CT molecular complexity index is 2360. The molecule has 0 aliphatic heterocycles. The molecule has 0 spiro atoms. The summed E-state index contributed by atoms with van der Waals surface area (Å²) in [6, 6.07) is 15.2. The van der Waals surface area contributed by atoms with Crippen LogP contribution in [0, 0.1) is 0 Å². The number of benzene rings is 3. The molecule has 0 radical (unpaired) electrons. The Kier molecular flexibility index (Phi) is 20.8. The molecule has 382 valence electrons. The Balaban J connectivity index is 1.52. The number of aliphatic carboxylic acids is 3. The van der Waals surface area contributed by atoms with Crippen molar-refractivity contribution >= 4 is 59.6 Å². The standard InChI is InChI=1S/C49H61N7O15/c1-49(2,3)71-47(68)51-24-12-11-19-34(42(62)53-35(20-22-40(58)59)43(63)55-38(46(66)67)25-28-13-5-4-6-14-28)52-45(65)37(26-39(50)57)54-44(64)36(21-23-41(60)61)56-48(69)70-27-33-31-17-9-7-15-29(31)30-16-8-10-18-32(30)33/h4-10,13-18,33-38H,11-12,19-27H2,1-3H3,(H2,50,57)(H,51,68)(H,52,65)(H,53,62)(H,54,64)(H,55,63)(H,56,69)(H,58,59)(H,60,61)(H,66,67)/t34-,35-,36-,37-,38-/m0/s1. The first-order chi connectivity index (χ1) is 33.6. The van der Waals surface area contributed by atoms with Crippen LogP contribution in [0.2, 0.25) is 0 Å². The fourth-order valence-electron chi connectivity index (χ4n) is 7.65. The van der Waals surface area contributed by atoms with E-state index in [1.807, 2.05) is 48.5 Å². The lowest BCUT2D eigenvalue weighted by Crippen LogP contribution is -2.59. The second kappa shape index (κ2) is 26.6. The molecule has 7 amide bonds. The van der Waals surface area contributed by atoms with E-state index in [1.165, 1.54) is 0 Å². The van der Waals surface area contributed by atoms with Crippen LogP contribution in [0.5, 0.6) is 0 Å². The van der Waals surface area contributed by atoms with Gasteiger partial charge in [-0.2, -0.15) is 0 Å². The number of ether oxygens (including phenoxy) is 2. The molecule has 0 aromatic heterocycles. The number of unbranched alkanes of at least 4 members (excludes halogenated alkanes) is 1. The summed E-state index contributed by atoms with van der Waals surface area (Å²) in [7, 11) is 0. The van der Waals surface area contributed by atoms with Gasteiger partial charge in [0.15, 0.2) is 0 Å². The average molecular weight is 988 g/mol. The zero-order valence-electron chi connectivity index (χ0n) is 39.6. The Morgan fingerprint density at radius 1 is 0.577 bits per heavy atom. The van der Waals surface area contributed by atoms with Gasteiger partial charge < -0.3 is 62.4 Å². The normalized spacial score (nSPS) is 13.8. The highest BCUT2D eigenvalue weighted by Gasteiger charge is 2.35. The molecule has 3 aromatic carbocycles. The van der Waals surface area contributed by atoms with E-state index >= 15 is 0 Å². The molecule has 0 heterocycles. The summed E-state index contributed by atoms with van der Waals surface area (Å²) in [6.45, 7) is 4.89. The number of nitrogens with one attached hydrogen (secondary N) is 6. The first-order valence-corrected chi connectivity index (χ1v) is 22.9.